The van der Waals surface area contributed by atoms with Crippen molar-refractivity contribution in [2.75, 3.05) is 38.7 Å². The van der Waals surface area contributed by atoms with Crippen LogP contribution in [0.3, 0.4) is 0 Å². The van der Waals surface area contributed by atoms with Crippen LogP contribution in [-0.4, -0.2) is 77.9 Å². The Kier molecular flexibility index (Phi) is 4.18. The van der Waals surface area contributed by atoms with Gasteiger partial charge in [0.05, 0.1) is 6.54 Å². The fourth-order valence-corrected chi connectivity index (χ4v) is 3.55. The number of aliphatic imine (C=N–C) groups is 1. The molecule has 3 aliphatic rings. The van der Waals surface area contributed by atoms with Crippen LogP contribution >= 0.6 is 0 Å². The zero-order chi connectivity index (χ0) is 19.1. The van der Waals surface area contributed by atoms with Crippen LogP contribution in [0.1, 0.15) is 6.92 Å². The topological polar surface area (TPSA) is 68.5 Å². The number of amidine groups is 1. The average Bonchev–Trinajstić information content (AvgIpc) is 3.25. The fraction of sp³-hybridized carbons (Fsp3) is 0.368. The molecule has 8 heteroatoms. The molecule has 0 bridgehead atoms. The van der Waals surface area contributed by atoms with Crippen molar-refractivity contribution in [3.63, 3.8) is 0 Å². The number of nitrogens with zero attached hydrogens (tertiary/aromatic N) is 5. The Hall–Kier alpha value is -3.16. The molecule has 1 atom stereocenters. The number of guanidine groups is 1. The number of urea groups is 1. The van der Waals surface area contributed by atoms with E-state index in [1.165, 1.54) is 11.9 Å². The van der Waals surface area contributed by atoms with Crippen molar-refractivity contribution in [3.8, 4) is 5.75 Å². The van der Waals surface area contributed by atoms with Gasteiger partial charge in [-0.05, 0) is 31.2 Å². The molecule has 140 valence electrons. The Balaban J connectivity index is 1.60. The number of ether oxygens (including phenoxy) is 1. The van der Waals surface area contributed by atoms with E-state index in [4.69, 9.17) is 4.74 Å². The van der Waals surface area contributed by atoms with Crippen LogP contribution in [0.25, 0.3) is 0 Å². The first-order valence-electron chi connectivity index (χ1n) is 8.92. The molecule has 0 aliphatic carbocycles. The number of rotatable bonds is 4. The van der Waals surface area contributed by atoms with Crippen LogP contribution in [0.4, 0.5) is 10.5 Å². The van der Waals surface area contributed by atoms with Crippen molar-refractivity contribution in [2.24, 2.45) is 4.99 Å². The summed E-state index contributed by atoms with van der Waals surface area (Å²) in [6.45, 7) is 3.90. The number of hydrogen-bond acceptors (Lipinski definition) is 5. The lowest BCUT2D eigenvalue weighted by Crippen LogP contribution is -2.61. The summed E-state index contributed by atoms with van der Waals surface area (Å²) in [4.78, 5) is 34.1. The van der Waals surface area contributed by atoms with E-state index in [0.29, 0.717) is 24.9 Å². The first-order valence-corrected chi connectivity index (χ1v) is 8.92. The fourth-order valence-electron chi connectivity index (χ4n) is 3.55. The van der Waals surface area contributed by atoms with Crippen molar-refractivity contribution in [2.45, 2.75) is 13.0 Å². The summed E-state index contributed by atoms with van der Waals surface area (Å²) >= 11 is 0. The molecule has 1 aromatic carbocycles. The number of imide groups is 1. The van der Waals surface area contributed by atoms with Crippen molar-refractivity contribution in [1.82, 2.24) is 9.80 Å². The Morgan fingerprint density at radius 1 is 1.22 bits per heavy atom. The maximum atomic E-state index is 12.6. The Morgan fingerprint density at radius 2 is 1.96 bits per heavy atom. The highest BCUT2D eigenvalue weighted by molar-refractivity contribution is 6.24. The number of carbonyl (C=O) groups is 2. The molecule has 0 spiro atoms. The molecule has 0 aromatic heterocycles. The summed E-state index contributed by atoms with van der Waals surface area (Å²) in [6, 6.07) is 6.92. The van der Waals surface area contributed by atoms with Crippen molar-refractivity contribution in [3.05, 3.63) is 36.4 Å². The van der Waals surface area contributed by atoms with E-state index < -0.39 is 6.04 Å². The van der Waals surface area contributed by atoms with E-state index in [0.717, 1.165) is 22.9 Å². The van der Waals surface area contributed by atoms with Gasteiger partial charge < -0.3 is 4.74 Å². The molecule has 3 heterocycles. The molecular weight excluding hydrogens is 346 g/mol. The molecule has 3 aliphatic heterocycles. The summed E-state index contributed by atoms with van der Waals surface area (Å²) in [5.74, 6) is 1.77. The molecule has 1 saturated heterocycles. The molecule has 27 heavy (non-hydrogen) atoms. The number of fused-ring (bicyclic) bond motifs is 2. The minimum absolute atomic E-state index is 0.235. The minimum atomic E-state index is -0.527. The third-order valence-electron chi connectivity index (χ3n) is 5.05. The van der Waals surface area contributed by atoms with Crippen molar-refractivity contribution < 1.29 is 18.9 Å². The highest BCUT2D eigenvalue weighted by Gasteiger charge is 2.54. The molecule has 1 unspecified atom stereocenters. The third kappa shape index (κ3) is 2.68. The molecule has 0 radical (unpaired) electrons. The normalized spacial score (nSPS) is 22.0. The van der Waals surface area contributed by atoms with Crippen LogP contribution in [0, 0.1) is 0 Å². The lowest BCUT2D eigenvalue weighted by Gasteiger charge is -2.31. The minimum Gasteiger partial charge on any atom is -0.490 e. The third-order valence-corrected chi connectivity index (χ3v) is 5.05. The summed E-state index contributed by atoms with van der Waals surface area (Å²) in [7, 11) is 3.16. The monoisotopic (exact) mass is 368 g/mol. The van der Waals surface area contributed by atoms with Gasteiger partial charge in [0.15, 0.2) is 0 Å². The second-order valence-electron chi connectivity index (χ2n) is 6.63. The van der Waals surface area contributed by atoms with E-state index in [-0.39, 0.29) is 11.9 Å². The maximum Gasteiger partial charge on any atom is 0.397 e. The van der Waals surface area contributed by atoms with Crippen LogP contribution in [-0.2, 0) is 4.79 Å². The van der Waals surface area contributed by atoms with E-state index in [2.05, 4.69) is 9.89 Å². The lowest BCUT2D eigenvalue weighted by atomic mass is 10.1. The number of carbonyl (C=O) groups excluding carboxylic acids is 2. The molecular formula is C19H22N5O3+. The van der Waals surface area contributed by atoms with E-state index in [9.17, 15) is 9.59 Å². The number of amides is 3. The maximum absolute atomic E-state index is 12.6. The zero-order valence-corrected chi connectivity index (χ0v) is 15.6. The van der Waals surface area contributed by atoms with Crippen molar-refractivity contribution >= 4 is 29.4 Å². The van der Waals surface area contributed by atoms with Crippen LogP contribution in [0.2, 0.25) is 0 Å². The summed E-state index contributed by atoms with van der Waals surface area (Å²) in [6.07, 6.45) is 3.90. The summed E-state index contributed by atoms with van der Waals surface area (Å²) < 4.78 is 7.60. The number of benzene rings is 1. The average molecular weight is 368 g/mol. The second-order valence-corrected chi connectivity index (χ2v) is 6.63. The van der Waals surface area contributed by atoms with Gasteiger partial charge in [0, 0.05) is 14.1 Å². The molecule has 0 saturated carbocycles. The first kappa shape index (κ1) is 17.3. The number of likely N-dealkylation sites (N-methyl/N-ethyl adjacent to an activating group) is 2. The van der Waals surface area contributed by atoms with Gasteiger partial charge in [-0.15, -0.1) is 0 Å². The van der Waals surface area contributed by atoms with Gasteiger partial charge >= 0.3 is 12.0 Å². The van der Waals surface area contributed by atoms with Gasteiger partial charge in [-0.2, -0.15) is 0 Å². The Bertz CT molecular complexity index is 887. The molecule has 3 amide bonds. The SMILES string of the molecule is C/C=C/COc1ccc(N2CC[N+]3=C2N=C2C3C(=O)N(C)C(=O)N2C)cc1. The van der Waals surface area contributed by atoms with Gasteiger partial charge in [0.2, 0.25) is 11.9 Å². The zero-order valence-electron chi connectivity index (χ0n) is 15.6. The molecule has 4 rings (SSSR count). The highest BCUT2D eigenvalue weighted by Crippen LogP contribution is 2.27. The number of hydrogen-bond donors (Lipinski definition) is 0. The van der Waals surface area contributed by atoms with Gasteiger partial charge in [-0.1, -0.05) is 17.1 Å². The van der Waals surface area contributed by atoms with Crippen LogP contribution in [0.15, 0.2) is 41.4 Å². The Morgan fingerprint density at radius 3 is 2.67 bits per heavy atom. The largest absolute Gasteiger partial charge is 0.490 e. The predicted octanol–water partition coefficient (Wildman–Crippen LogP) is 1.13. The van der Waals surface area contributed by atoms with Gasteiger partial charge in [-0.3, -0.25) is 14.6 Å². The number of anilines is 1. The molecule has 0 N–H and O–H groups in total. The highest BCUT2D eigenvalue weighted by atomic mass is 16.5. The Labute approximate surface area is 157 Å². The molecule has 1 aromatic rings. The van der Waals surface area contributed by atoms with Gasteiger partial charge in [-0.25, -0.2) is 14.3 Å². The van der Waals surface area contributed by atoms with Crippen molar-refractivity contribution in [1.29, 1.82) is 0 Å². The molecule has 1 fully saturated rings. The second kappa shape index (κ2) is 6.53. The van der Waals surface area contributed by atoms with Gasteiger partial charge in [0.1, 0.15) is 24.6 Å². The van der Waals surface area contributed by atoms with E-state index >= 15 is 0 Å². The predicted molar refractivity (Wildman–Crippen MR) is 101 cm³/mol. The summed E-state index contributed by atoms with van der Waals surface area (Å²) in [5.41, 5.74) is 0.976. The van der Waals surface area contributed by atoms with Crippen LogP contribution < -0.4 is 9.64 Å². The smallest absolute Gasteiger partial charge is 0.397 e. The van der Waals surface area contributed by atoms with Crippen LogP contribution in [0.5, 0.6) is 5.75 Å². The molecule has 8 nitrogen and oxygen atoms in total. The standard InChI is InChI=1S/C19H22N5O3/c1-4-5-12-27-14-8-6-13(7-9-14)23-10-11-24-15-16(20-18(23)24)21(2)19(26)22(3)17(15)25/h4-9,15H,10-12H2,1-3H3/q+1/b5-4+. The summed E-state index contributed by atoms with van der Waals surface area (Å²) in [5, 5.41) is 0. The van der Waals surface area contributed by atoms with E-state index in [1.54, 1.807) is 7.05 Å². The first-order chi connectivity index (χ1) is 13.0. The quantitative estimate of drug-likeness (QED) is 0.590. The number of allylic oxidation sites excluding steroid dienone is 1. The lowest BCUT2D eigenvalue weighted by molar-refractivity contribution is -0.525. The van der Waals surface area contributed by atoms with E-state index in [1.807, 2.05) is 47.9 Å². The van der Waals surface area contributed by atoms with Gasteiger partial charge in [0.25, 0.3) is 5.91 Å².